The highest BCUT2D eigenvalue weighted by Crippen LogP contribution is 2.43. The third-order valence-corrected chi connectivity index (χ3v) is 7.28. The van der Waals surface area contributed by atoms with E-state index in [2.05, 4.69) is 38.2 Å². The maximum atomic E-state index is 12.7. The molecule has 0 saturated carbocycles. The number of benzene rings is 1. The summed E-state index contributed by atoms with van der Waals surface area (Å²) in [4.78, 5) is 16.4. The van der Waals surface area contributed by atoms with Crippen LogP contribution in [0.25, 0.3) is 6.08 Å². The molecule has 0 fully saturated rings. The first-order valence-corrected chi connectivity index (χ1v) is 10.7. The number of carbonyl (C=O) groups excluding carboxylic acids is 1. The van der Waals surface area contributed by atoms with Crippen LogP contribution in [0.2, 0.25) is 0 Å². The molecular formula is C21H23NOS2. The lowest BCUT2D eigenvalue weighted by Crippen LogP contribution is -2.15. The highest BCUT2D eigenvalue weighted by atomic mass is 32.2. The summed E-state index contributed by atoms with van der Waals surface area (Å²) < 4.78 is 0. The van der Waals surface area contributed by atoms with Gasteiger partial charge in [-0.25, -0.2) is 0 Å². The Bertz CT molecular complexity index is 858. The van der Waals surface area contributed by atoms with Gasteiger partial charge in [0.15, 0.2) is 0 Å². The van der Waals surface area contributed by atoms with Crippen molar-refractivity contribution in [2.45, 2.75) is 45.8 Å². The van der Waals surface area contributed by atoms with Crippen LogP contribution in [-0.2, 0) is 23.4 Å². The molecule has 1 aromatic carbocycles. The fourth-order valence-corrected chi connectivity index (χ4v) is 6.45. The largest absolute Gasteiger partial charge is 0.322 e. The molecule has 130 valence electrons. The first kappa shape index (κ1) is 16.9. The van der Waals surface area contributed by atoms with Crippen LogP contribution in [0, 0.1) is 19.8 Å². The zero-order valence-corrected chi connectivity index (χ0v) is 16.6. The Morgan fingerprint density at radius 3 is 2.68 bits per heavy atom. The molecule has 0 bridgehead atoms. The second kappa shape index (κ2) is 6.65. The van der Waals surface area contributed by atoms with Crippen molar-refractivity contribution in [3.8, 4) is 0 Å². The third-order valence-electron chi connectivity index (χ3n) is 4.99. The second-order valence-electron chi connectivity index (χ2n) is 7.32. The van der Waals surface area contributed by atoms with E-state index in [0.717, 1.165) is 22.3 Å². The Hall–Kier alpha value is -1.52. The van der Waals surface area contributed by atoms with Gasteiger partial charge in [0.2, 0.25) is 0 Å². The van der Waals surface area contributed by atoms with Gasteiger partial charge in [-0.05, 0) is 79.5 Å². The molecule has 1 unspecified atom stereocenters. The maximum Gasteiger partial charge on any atom is 0.262 e. The number of fused-ring (bicyclic) bond motifs is 3. The topological polar surface area (TPSA) is 29.1 Å². The van der Waals surface area contributed by atoms with Gasteiger partial charge in [-0.1, -0.05) is 13.0 Å². The number of rotatable bonds is 2. The van der Waals surface area contributed by atoms with E-state index >= 15 is 0 Å². The zero-order valence-electron chi connectivity index (χ0n) is 14.9. The Labute approximate surface area is 157 Å². The van der Waals surface area contributed by atoms with Crippen molar-refractivity contribution < 1.29 is 4.79 Å². The summed E-state index contributed by atoms with van der Waals surface area (Å²) in [6.07, 6.45) is 5.82. The van der Waals surface area contributed by atoms with Crippen LogP contribution in [0.1, 0.15) is 45.4 Å². The van der Waals surface area contributed by atoms with E-state index in [-0.39, 0.29) is 5.91 Å². The third kappa shape index (κ3) is 3.42. The van der Waals surface area contributed by atoms with E-state index < -0.39 is 0 Å². The Balaban J connectivity index is 1.58. The number of hydrogen-bond donors (Lipinski definition) is 1. The molecule has 1 aromatic heterocycles. The predicted molar refractivity (Wildman–Crippen MR) is 109 cm³/mol. The van der Waals surface area contributed by atoms with E-state index in [9.17, 15) is 4.79 Å². The molecule has 0 spiro atoms. The van der Waals surface area contributed by atoms with Gasteiger partial charge >= 0.3 is 0 Å². The molecule has 1 N–H and O–H groups in total. The molecule has 2 heterocycles. The molecule has 25 heavy (non-hydrogen) atoms. The zero-order chi connectivity index (χ0) is 17.6. The van der Waals surface area contributed by atoms with Crippen molar-refractivity contribution in [2.75, 3.05) is 5.32 Å². The average Bonchev–Trinajstić information content (AvgIpc) is 2.90. The van der Waals surface area contributed by atoms with Crippen molar-refractivity contribution in [1.82, 2.24) is 0 Å². The van der Waals surface area contributed by atoms with Crippen LogP contribution in [0.3, 0.4) is 0 Å². The van der Waals surface area contributed by atoms with Gasteiger partial charge in [-0.15, -0.1) is 23.1 Å². The lowest BCUT2D eigenvalue weighted by molar-refractivity contribution is -0.112. The summed E-state index contributed by atoms with van der Waals surface area (Å²) in [5.74, 6) is 1.73. The molecule has 0 radical (unpaired) electrons. The monoisotopic (exact) mass is 369 g/mol. The van der Waals surface area contributed by atoms with E-state index in [4.69, 9.17) is 0 Å². The van der Waals surface area contributed by atoms with Crippen molar-refractivity contribution >= 4 is 40.8 Å². The fraction of sp³-hybridized carbons (Fsp3) is 0.381. The van der Waals surface area contributed by atoms with Crippen LogP contribution in [0.15, 0.2) is 23.1 Å². The summed E-state index contributed by atoms with van der Waals surface area (Å²) in [6, 6.07) is 6.17. The average molecular weight is 370 g/mol. The molecule has 1 aliphatic carbocycles. The van der Waals surface area contributed by atoms with Crippen LogP contribution in [0.4, 0.5) is 5.69 Å². The molecule has 1 atom stereocenters. The van der Waals surface area contributed by atoms with Gasteiger partial charge in [0.1, 0.15) is 0 Å². The predicted octanol–water partition coefficient (Wildman–Crippen LogP) is 5.72. The van der Waals surface area contributed by atoms with Gasteiger partial charge in [-0.3, -0.25) is 4.79 Å². The number of nitrogens with one attached hydrogen (secondary N) is 1. The quantitative estimate of drug-likeness (QED) is 0.734. The van der Waals surface area contributed by atoms with Crippen molar-refractivity contribution in [2.24, 2.45) is 5.92 Å². The summed E-state index contributed by atoms with van der Waals surface area (Å²) >= 11 is 3.58. The molecule has 1 amide bonds. The lowest BCUT2D eigenvalue weighted by Gasteiger charge is -2.20. The van der Waals surface area contributed by atoms with E-state index in [1.165, 1.54) is 40.8 Å². The molecule has 4 heteroatoms. The van der Waals surface area contributed by atoms with E-state index in [1.54, 1.807) is 22.2 Å². The smallest absolute Gasteiger partial charge is 0.262 e. The molecule has 2 aliphatic rings. The number of amides is 1. The fourth-order valence-electron chi connectivity index (χ4n) is 3.79. The minimum atomic E-state index is 0.0142. The van der Waals surface area contributed by atoms with Crippen LogP contribution >= 0.6 is 23.1 Å². The maximum absolute atomic E-state index is 12.7. The number of hydrogen-bond acceptors (Lipinski definition) is 3. The summed E-state index contributed by atoms with van der Waals surface area (Å²) in [7, 11) is 0. The van der Waals surface area contributed by atoms with Crippen molar-refractivity contribution in [3.05, 3.63) is 55.1 Å². The summed E-state index contributed by atoms with van der Waals surface area (Å²) in [5, 5.41) is 3.07. The van der Waals surface area contributed by atoms with Crippen molar-refractivity contribution in [3.63, 3.8) is 0 Å². The molecule has 4 rings (SSSR count). The Morgan fingerprint density at radius 2 is 1.92 bits per heavy atom. The number of thiophene rings is 1. The molecule has 1 aliphatic heterocycles. The SMILES string of the molecule is Cc1cc(C)cc(NC(=O)C2=Cc3sc4c(c3CS2)CCC(C)C4)c1. The van der Waals surface area contributed by atoms with E-state index in [0.29, 0.717) is 0 Å². The number of anilines is 1. The summed E-state index contributed by atoms with van der Waals surface area (Å²) in [6.45, 7) is 6.45. The van der Waals surface area contributed by atoms with Crippen LogP contribution in [-0.4, -0.2) is 5.91 Å². The first-order valence-electron chi connectivity index (χ1n) is 8.87. The van der Waals surface area contributed by atoms with Crippen molar-refractivity contribution in [1.29, 1.82) is 0 Å². The minimum absolute atomic E-state index is 0.0142. The van der Waals surface area contributed by atoms with Gasteiger partial charge in [-0.2, -0.15) is 0 Å². The number of carbonyl (C=O) groups is 1. The highest BCUT2D eigenvalue weighted by molar-refractivity contribution is 8.03. The van der Waals surface area contributed by atoms with Gasteiger partial charge < -0.3 is 5.32 Å². The molecular weight excluding hydrogens is 346 g/mol. The van der Waals surface area contributed by atoms with E-state index in [1.807, 2.05) is 23.5 Å². The molecule has 2 aromatic rings. The molecule has 2 nitrogen and oxygen atoms in total. The van der Waals surface area contributed by atoms with Crippen LogP contribution < -0.4 is 5.32 Å². The molecule has 0 saturated heterocycles. The van der Waals surface area contributed by atoms with Crippen LogP contribution in [0.5, 0.6) is 0 Å². The second-order valence-corrected chi connectivity index (χ2v) is 9.48. The number of thioether (sulfide) groups is 1. The lowest BCUT2D eigenvalue weighted by atomic mass is 9.88. The standard InChI is InChI=1S/C21H23NOS2/c1-12-4-5-16-17-11-24-20(10-19(17)25-18(16)9-12)21(23)22-15-7-13(2)6-14(3)8-15/h6-8,10,12H,4-5,9,11H2,1-3H3,(H,22,23). The summed E-state index contributed by atoms with van der Waals surface area (Å²) in [5.41, 5.74) is 6.29. The first-order chi connectivity index (χ1) is 12.0. The Morgan fingerprint density at radius 1 is 1.16 bits per heavy atom. The highest BCUT2D eigenvalue weighted by Gasteiger charge is 2.26. The van der Waals surface area contributed by atoms with Gasteiger partial charge in [0.05, 0.1) is 4.91 Å². The Kier molecular flexibility index (Phi) is 4.50. The van der Waals surface area contributed by atoms with Gasteiger partial charge in [0.25, 0.3) is 5.91 Å². The minimum Gasteiger partial charge on any atom is -0.322 e. The number of aryl methyl sites for hydroxylation is 2. The van der Waals surface area contributed by atoms with Gasteiger partial charge in [0, 0.05) is 21.2 Å². The normalized spacial score (nSPS) is 19.0.